The van der Waals surface area contributed by atoms with Crippen molar-refractivity contribution in [2.75, 3.05) is 20.3 Å². The van der Waals surface area contributed by atoms with Crippen molar-refractivity contribution in [1.82, 2.24) is 5.32 Å². The number of rotatable bonds is 7. The van der Waals surface area contributed by atoms with E-state index in [0.717, 1.165) is 19.6 Å². The highest BCUT2D eigenvalue weighted by atomic mass is 16.5. The number of methoxy groups -OCH3 is 1. The average molecular weight is 291 g/mol. The van der Waals surface area contributed by atoms with Gasteiger partial charge in [0.1, 0.15) is 0 Å². The van der Waals surface area contributed by atoms with Crippen molar-refractivity contribution in [2.45, 2.75) is 59.4 Å². The third-order valence-electron chi connectivity index (χ3n) is 4.15. The Kier molecular flexibility index (Phi) is 6.42. The summed E-state index contributed by atoms with van der Waals surface area (Å²) in [6.45, 7) is 15.4. The van der Waals surface area contributed by atoms with Crippen LogP contribution < -0.4 is 5.32 Å². The molecule has 0 saturated heterocycles. The van der Waals surface area contributed by atoms with Gasteiger partial charge in [0.25, 0.3) is 0 Å². The van der Waals surface area contributed by atoms with Crippen LogP contribution in [0.3, 0.4) is 0 Å². The average Bonchev–Trinajstić information content (AvgIpc) is 2.42. The van der Waals surface area contributed by atoms with Gasteiger partial charge in [-0.3, -0.25) is 0 Å². The van der Waals surface area contributed by atoms with E-state index in [4.69, 9.17) is 4.74 Å². The molecule has 0 saturated carbocycles. The minimum absolute atomic E-state index is 0.220. The summed E-state index contributed by atoms with van der Waals surface area (Å²) >= 11 is 0. The van der Waals surface area contributed by atoms with E-state index in [0.29, 0.717) is 6.04 Å². The summed E-state index contributed by atoms with van der Waals surface area (Å²) < 4.78 is 5.19. The van der Waals surface area contributed by atoms with E-state index in [1.807, 2.05) is 0 Å². The van der Waals surface area contributed by atoms with Crippen LogP contribution in [-0.2, 0) is 10.2 Å². The van der Waals surface area contributed by atoms with Crippen molar-refractivity contribution >= 4 is 0 Å². The Bertz CT molecular complexity index is 414. The van der Waals surface area contributed by atoms with Gasteiger partial charge in [0.15, 0.2) is 0 Å². The maximum absolute atomic E-state index is 5.19. The zero-order valence-electron chi connectivity index (χ0n) is 14.9. The largest absolute Gasteiger partial charge is 0.385 e. The fraction of sp³-hybridized carbons (Fsp3) is 0.684. The molecular formula is C19H33NO. The molecule has 2 nitrogen and oxygen atoms in total. The van der Waals surface area contributed by atoms with Crippen molar-refractivity contribution in [3.8, 4) is 0 Å². The SMILES string of the molecule is COCCC(C)(C)CNC(C)c1ccc(C(C)(C)C)cc1. The van der Waals surface area contributed by atoms with Crippen LogP contribution in [0.2, 0.25) is 0 Å². The zero-order chi connectivity index (χ0) is 16.1. The molecule has 1 aromatic rings. The maximum Gasteiger partial charge on any atom is 0.0467 e. The number of nitrogens with one attached hydrogen (secondary N) is 1. The molecule has 0 heterocycles. The Morgan fingerprint density at radius 1 is 1.05 bits per heavy atom. The van der Waals surface area contributed by atoms with Crippen LogP contribution in [0.25, 0.3) is 0 Å². The number of ether oxygens (including phenoxy) is 1. The normalized spacial score (nSPS) is 14.2. The highest BCUT2D eigenvalue weighted by molar-refractivity contribution is 5.29. The fourth-order valence-electron chi connectivity index (χ4n) is 2.29. The lowest BCUT2D eigenvalue weighted by molar-refractivity contribution is 0.149. The third-order valence-corrected chi connectivity index (χ3v) is 4.15. The molecule has 1 aromatic carbocycles. The Hall–Kier alpha value is -0.860. The molecule has 0 aliphatic carbocycles. The van der Waals surface area contributed by atoms with Crippen LogP contribution in [0.15, 0.2) is 24.3 Å². The van der Waals surface area contributed by atoms with Gasteiger partial charge in [0.2, 0.25) is 0 Å². The maximum atomic E-state index is 5.19. The van der Waals surface area contributed by atoms with Crippen LogP contribution in [0.4, 0.5) is 0 Å². The summed E-state index contributed by atoms with van der Waals surface area (Å²) in [6, 6.07) is 9.38. The molecule has 1 rings (SSSR count). The van der Waals surface area contributed by atoms with E-state index in [1.165, 1.54) is 11.1 Å². The van der Waals surface area contributed by atoms with Gasteiger partial charge in [-0.05, 0) is 35.3 Å². The van der Waals surface area contributed by atoms with E-state index < -0.39 is 0 Å². The molecule has 1 unspecified atom stereocenters. The molecule has 1 atom stereocenters. The lowest BCUT2D eigenvalue weighted by Gasteiger charge is -2.27. The van der Waals surface area contributed by atoms with Gasteiger partial charge in [0.05, 0.1) is 0 Å². The molecule has 0 aromatic heterocycles. The van der Waals surface area contributed by atoms with Crippen LogP contribution in [-0.4, -0.2) is 20.3 Å². The second-order valence-electron chi connectivity index (χ2n) is 7.88. The monoisotopic (exact) mass is 291 g/mol. The summed E-state index contributed by atoms with van der Waals surface area (Å²) in [5.74, 6) is 0. The predicted molar refractivity (Wildman–Crippen MR) is 91.8 cm³/mol. The van der Waals surface area contributed by atoms with Gasteiger partial charge in [0, 0.05) is 26.3 Å². The van der Waals surface area contributed by atoms with E-state index >= 15 is 0 Å². The van der Waals surface area contributed by atoms with Crippen LogP contribution in [0.1, 0.15) is 65.1 Å². The van der Waals surface area contributed by atoms with Crippen LogP contribution >= 0.6 is 0 Å². The predicted octanol–water partition coefficient (Wildman–Crippen LogP) is 4.70. The second-order valence-corrected chi connectivity index (χ2v) is 7.88. The highest BCUT2D eigenvalue weighted by Crippen LogP contribution is 2.25. The van der Waals surface area contributed by atoms with Crippen LogP contribution in [0, 0.1) is 5.41 Å². The third kappa shape index (κ3) is 6.19. The standard InChI is InChI=1S/C19H33NO/c1-15(20-14-19(5,6)12-13-21-7)16-8-10-17(11-9-16)18(2,3)4/h8-11,15,20H,12-14H2,1-7H3. The molecule has 0 radical (unpaired) electrons. The summed E-state index contributed by atoms with van der Waals surface area (Å²) in [5, 5.41) is 3.65. The van der Waals surface area contributed by atoms with Crippen molar-refractivity contribution in [2.24, 2.45) is 5.41 Å². The summed E-state index contributed by atoms with van der Waals surface area (Å²) in [6.07, 6.45) is 1.08. The summed E-state index contributed by atoms with van der Waals surface area (Å²) in [5.41, 5.74) is 3.22. The van der Waals surface area contributed by atoms with E-state index in [1.54, 1.807) is 7.11 Å². The first-order valence-corrected chi connectivity index (χ1v) is 7.98. The number of hydrogen-bond acceptors (Lipinski definition) is 2. The molecule has 1 N–H and O–H groups in total. The van der Waals surface area contributed by atoms with Gasteiger partial charge in [-0.2, -0.15) is 0 Å². The quantitative estimate of drug-likeness (QED) is 0.786. The van der Waals surface area contributed by atoms with Gasteiger partial charge in [-0.1, -0.05) is 58.9 Å². The van der Waals surface area contributed by atoms with Gasteiger partial charge >= 0.3 is 0 Å². The summed E-state index contributed by atoms with van der Waals surface area (Å²) in [7, 11) is 1.77. The van der Waals surface area contributed by atoms with Crippen molar-refractivity contribution in [3.05, 3.63) is 35.4 Å². The second kappa shape index (κ2) is 7.42. The molecule has 0 aliphatic rings. The van der Waals surface area contributed by atoms with E-state index in [-0.39, 0.29) is 10.8 Å². The molecule has 120 valence electrons. The smallest absolute Gasteiger partial charge is 0.0467 e. The first-order chi connectivity index (χ1) is 9.65. The topological polar surface area (TPSA) is 21.3 Å². The van der Waals surface area contributed by atoms with Crippen LogP contribution in [0.5, 0.6) is 0 Å². The molecule has 21 heavy (non-hydrogen) atoms. The Balaban J connectivity index is 2.58. The highest BCUT2D eigenvalue weighted by Gasteiger charge is 2.19. The van der Waals surface area contributed by atoms with Crippen molar-refractivity contribution in [1.29, 1.82) is 0 Å². The van der Waals surface area contributed by atoms with E-state index in [2.05, 4.69) is 71.1 Å². The minimum atomic E-state index is 0.220. The molecule has 0 aliphatic heterocycles. The van der Waals surface area contributed by atoms with Gasteiger partial charge in [-0.15, -0.1) is 0 Å². The molecular weight excluding hydrogens is 258 g/mol. The fourth-order valence-corrected chi connectivity index (χ4v) is 2.29. The lowest BCUT2D eigenvalue weighted by atomic mass is 9.86. The van der Waals surface area contributed by atoms with Gasteiger partial charge in [-0.25, -0.2) is 0 Å². The molecule has 0 amide bonds. The first kappa shape index (κ1) is 18.2. The molecule has 0 fully saturated rings. The summed E-state index contributed by atoms with van der Waals surface area (Å²) in [4.78, 5) is 0. The lowest BCUT2D eigenvalue weighted by Crippen LogP contribution is -2.32. The zero-order valence-corrected chi connectivity index (χ0v) is 14.9. The van der Waals surface area contributed by atoms with Crippen molar-refractivity contribution < 1.29 is 4.74 Å². The minimum Gasteiger partial charge on any atom is -0.385 e. The number of hydrogen-bond donors (Lipinski definition) is 1. The van der Waals surface area contributed by atoms with Gasteiger partial charge < -0.3 is 10.1 Å². The molecule has 2 heteroatoms. The first-order valence-electron chi connectivity index (χ1n) is 7.98. The Morgan fingerprint density at radius 2 is 1.62 bits per heavy atom. The Morgan fingerprint density at radius 3 is 2.10 bits per heavy atom. The number of benzene rings is 1. The molecule has 0 spiro atoms. The molecule has 0 bridgehead atoms. The van der Waals surface area contributed by atoms with Crippen molar-refractivity contribution in [3.63, 3.8) is 0 Å². The Labute approximate surface area is 131 Å². The van der Waals surface area contributed by atoms with E-state index in [9.17, 15) is 0 Å².